The summed E-state index contributed by atoms with van der Waals surface area (Å²) in [6.07, 6.45) is 4.47. The second kappa shape index (κ2) is 4.42. The zero-order chi connectivity index (χ0) is 12.5. The van der Waals surface area contributed by atoms with Crippen LogP contribution in [0.25, 0.3) is 10.9 Å². The molecule has 3 N–H and O–H groups in total. The number of carboxylic acid groups (broad SMARTS) is 1. The topological polar surface area (TPSA) is 78.0 Å². The minimum atomic E-state index is -0.747. The van der Waals surface area contributed by atoms with Crippen molar-refractivity contribution < 1.29 is 9.90 Å². The third-order valence-electron chi connectivity index (χ3n) is 3.64. The minimum Gasteiger partial charge on any atom is -0.481 e. The quantitative estimate of drug-likeness (QED) is 0.746. The van der Waals surface area contributed by atoms with Crippen molar-refractivity contribution in [3.63, 3.8) is 0 Å². The molecule has 1 saturated heterocycles. The van der Waals surface area contributed by atoms with Gasteiger partial charge in [-0.1, -0.05) is 0 Å². The van der Waals surface area contributed by atoms with Crippen LogP contribution in [0.2, 0.25) is 0 Å². The summed E-state index contributed by atoms with van der Waals surface area (Å²) in [5.74, 6) is -1.13. The summed E-state index contributed by atoms with van der Waals surface area (Å²) < 4.78 is 0. The first kappa shape index (κ1) is 11.2. The molecule has 1 aliphatic rings. The highest BCUT2D eigenvalue weighted by Crippen LogP contribution is 2.30. The molecule has 1 fully saturated rings. The Morgan fingerprint density at radius 3 is 3.22 bits per heavy atom. The molecule has 0 radical (unpaired) electrons. The lowest BCUT2D eigenvalue weighted by atomic mass is 9.83. The molecule has 1 aliphatic heterocycles. The highest BCUT2D eigenvalue weighted by molar-refractivity contribution is 5.79. The van der Waals surface area contributed by atoms with Crippen LogP contribution in [0.4, 0.5) is 0 Å². The molecule has 0 amide bonds. The average Bonchev–Trinajstić information content (AvgIpc) is 2.85. The van der Waals surface area contributed by atoms with Gasteiger partial charge in [0.2, 0.25) is 0 Å². The molecule has 0 aromatic carbocycles. The van der Waals surface area contributed by atoms with Gasteiger partial charge in [0.05, 0.1) is 17.6 Å². The minimum absolute atomic E-state index is 0.00282. The second-order valence-electron chi connectivity index (χ2n) is 4.72. The number of nitrogens with one attached hydrogen (secondary N) is 2. The molecule has 3 heterocycles. The van der Waals surface area contributed by atoms with E-state index < -0.39 is 5.97 Å². The van der Waals surface area contributed by atoms with Crippen molar-refractivity contribution in [2.45, 2.75) is 12.3 Å². The average molecular weight is 245 g/mol. The number of hydrogen-bond acceptors (Lipinski definition) is 3. The number of piperidine rings is 1. The Balaban J connectivity index is 1.97. The van der Waals surface area contributed by atoms with Crippen molar-refractivity contribution in [1.82, 2.24) is 15.3 Å². The molecule has 0 bridgehead atoms. The Morgan fingerprint density at radius 2 is 2.39 bits per heavy atom. The normalized spacial score (nSPS) is 24.2. The van der Waals surface area contributed by atoms with E-state index in [4.69, 9.17) is 0 Å². The maximum absolute atomic E-state index is 11.3. The molecule has 2 aromatic rings. The van der Waals surface area contributed by atoms with Gasteiger partial charge in [0, 0.05) is 29.7 Å². The fourth-order valence-corrected chi connectivity index (χ4v) is 2.64. The van der Waals surface area contributed by atoms with Gasteiger partial charge < -0.3 is 15.4 Å². The number of carbonyl (C=O) groups is 1. The summed E-state index contributed by atoms with van der Waals surface area (Å²) in [6.45, 7) is 1.37. The summed E-state index contributed by atoms with van der Waals surface area (Å²) in [5, 5.41) is 13.5. The molecule has 0 saturated carbocycles. The number of hydrogen-bond donors (Lipinski definition) is 3. The standard InChI is InChI=1S/C13H15N3O2/c17-13(18)10-6-14-3-2-9(10)11-5-8-1-4-15-12(8)7-16-11/h1,4-5,7,9-10,14-15H,2-3,6H2,(H,17,18). The monoisotopic (exact) mass is 245 g/mol. The van der Waals surface area contributed by atoms with Gasteiger partial charge in [-0.25, -0.2) is 0 Å². The van der Waals surface area contributed by atoms with Crippen LogP contribution in [0.5, 0.6) is 0 Å². The van der Waals surface area contributed by atoms with E-state index in [1.54, 1.807) is 6.20 Å². The Kier molecular flexibility index (Phi) is 2.76. The lowest BCUT2D eigenvalue weighted by Crippen LogP contribution is -2.39. The summed E-state index contributed by atoms with van der Waals surface area (Å²) >= 11 is 0. The zero-order valence-corrected chi connectivity index (χ0v) is 9.89. The number of nitrogens with zero attached hydrogens (tertiary/aromatic N) is 1. The lowest BCUT2D eigenvalue weighted by molar-refractivity contribution is -0.143. The highest BCUT2D eigenvalue weighted by Gasteiger charge is 2.32. The molecule has 3 rings (SSSR count). The van der Waals surface area contributed by atoms with Gasteiger partial charge in [-0.3, -0.25) is 9.78 Å². The fourth-order valence-electron chi connectivity index (χ4n) is 2.64. The third-order valence-corrected chi connectivity index (χ3v) is 3.64. The number of aliphatic carboxylic acids is 1. The van der Waals surface area contributed by atoms with Gasteiger partial charge in [0.25, 0.3) is 0 Å². The van der Waals surface area contributed by atoms with Crippen LogP contribution in [0.15, 0.2) is 24.5 Å². The predicted octanol–water partition coefficient (Wildman–Crippen LogP) is 1.34. The number of rotatable bonds is 2. The van der Waals surface area contributed by atoms with E-state index in [-0.39, 0.29) is 11.8 Å². The van der Waals surface area contributed by atoms with Gasteiger partial charge in [0.15, 0.2) is 0 Å². The molecule has 0 spiro atoms. The van der Waals surface area contributed by atoms with Crippen molar-refractivity contribution in [2.24, 2.45) is 5.92 Å². The van der Waals surface area contributed by atoms with E-state index in [2.05, 4.69) is 15.3 Å². The smallest absolute Gasteiger partial charge is 0.308 e. The molecule has 0 aliphatic carbocycles. The fraction of sp³-hybridized carbons (Fsp3) is 0.385. The number of fused-ring (bicyclic) bond motifs is 1. The van der Waals surface area contributed by atoms with Crippen molar-refractivity contribution in [1.29, 1.82) is 0 Å². The van der Waals surface area contributed by atoms with Crippen LogP contribution in [0, 0.1) is 5.92 Å². The number of aromatic amines is 1. The first-order chi connectivity index (χ1) is 8.75. The number of aromatic nitrogens is 2. The van der Waals surface area contributed by atoms with Crippen LogP contribution in [-0.4, -0.2) is 34.1 Å². The largest absolute Gasteiger partial charge is 0.481 e. The van der Waals surface area contributed by atoms with E-state index in [9.17, 15) is 9.90 Å². The Hall–Kier alpha value is -1.88. The third kappa shape index (κ3) is 1.86. The summed E-state index contributed by atoms with van der Waals surface area (Å²) in [5.41, 5.74) is 1.87. The van der Waals surface area contributed by atoms with Crippen LogP contribution in [0.1, 0.15) is 18.0 Å². The predicted molar refractivity (Wildman–Crippen MR) is 67.4 cm³/mol. The SMILES string of the molecule is O=C(O)C1CNCCC1c1cc2cc[nH]c2cn1. The van der Waals surface area contributed by atoms with E-state index in [0.717, 1.165) is 29.6 Å². The van der Waals surface area contributed by atoms with Gasteiger partial charge in [-0.2, -0.15) is 0 Å². The number of pyridine rings is 1. The van der Waals surface area contributed by atoms with Crippen molar-refractivity contribution in [3.05, 3.63) is 30.2 Å². The molecule has 5 nitrogen and oxygen atoms in total. The molecular weight excluding hydrogens is 230 g/mol. The van der Waals surface area contributed by atoms with E-state index in [0.29, 0.717) is 6.54 Å². The van der Waals surface area contributed by atoms with Gasteiger partial charge >= 0.3 is 5.97 Å². The lowest BCUT2D eigenvalue weighted by Gasteiger charge is -2.28. The maximum atomic E-state index is 11.3. The molecule has 2 atom stereocenters. The van der Waals surface area contributed by atoms with Gasteiger partial charge in [-0.15, -0.1) is 0 Å². The zero-order valence-electron chi connectivity index (χ0n) is 9.89. The van der Waals surface area contributed by atoms with E-state index in [1.807, 2.05) is 18.3 Å². The summed E-state index contributed by atoms with van der Waals surface area (Å²) in [6, 6.07) is 3.98. The van der Waals surface area contributed by atoms with Crippen LogP contribution in [0.3, 0.4) is 0 Å². The van der Waals surface area contributed by atoms with Crippen molar-refractivity contribution >= 4 is 16.9 Å². The molecule has 5 heteroatoms. The van der Waals surface area contributed by atoms with Crippen LogP contribution >= 0.6 is 0 Å². The number of H-pyrrole nitrogens is 1. The highest BCUT2D eigenvalue weighted by atomic mass is 16.4. The summed E-state index contributed by atoms with van der Waals surface area (Å²) in [7, 11) is 0. The van der Waals surface area contributed by atoms with Crippen LogP contribution in [-0.2, 0) is 4.79 Å². The Labute approximate surface area is 104 Å². The van der Waals surface area contributed by atoms with E-state index >= 15 is 0 Å². The van der Waals surface area contributed by atoms with E-state index in [1.165, 1.54) is 0 Å². The Morgan fingerprint density at radius 1 is 1.50 bits per heavy atom. The summed E-state index contributed by atoms with van der Waals surface area (Å²) in [4.78, 5) is 18.8. The number of carboxylic acids is 1. The Bertz CT molecular complexity index is 578. The maximum Gasteiger partial charge on any atom is 0.308 e. The van der Waals surface area contributed by atoms with Crippen LogP contribution < -0.4 is 5.32 Å². The van der Waals surface area contributed by atoms with Crippen molar-refractivity contribution in [3.8, 4) is 0 Å². The molecule has 2 aromatic heterocycles. The first-order valence-electron chi connectivity index (χ1n) is 6.12. The van der Waals surface area contributed by atoms with Gasteiger partial charge in [0.1, 0.15) is 0 Å². The van der Waals surface area contributed by atoms with Crippen molar-refractivity contribution in [2.75, 3.05) is 13.1 Å². The van der Waals surface area contributed by atoms with Gasteiger partial charge in [-0.05, 0) is 25.1 Å². The molecule has 2 unspecified atom stereocenters. The molecule has 94 valence electrons. The second-order valence-corrected chi connectivity index (χ2v) is 4.72. The molecule has 18 heavy (non-hydrogen) atoms. The molecular formula is C13H15N3O2. The first-order valence-corrected chi connectivity index (χ1v) is 6.12.